The molecule has 0 aromatic rings. The molecule has 0 saturated heterocycles. The van der Waals surface area contributed by atoms with Gasteiger partial charge in [-0.3, -0.25) is 14.4 Å². The van der Waals surface area contributed by atoms with Gasteiger partial charge < -0.3 is 14.2 Å². The molecule has 0 aliphatic heterocycles. The minimum Gasteiger partial charge on any atom is -0.462 e. The van der Waals surface area contributed by atoms with Crippen LogP contribution in [0.4, 0.5) is 0 Å². The van der Waals surface area contributed by atoms with Crippen LogP contribution in [0.2, 0.25) is 0 Å². The Hall–Kier alpha value is -2.37. The zero-order valence-corrected chi connectivity index (χ0v) is 37.9. The molecule has 0 aliphatic carbocycles. The highest BCUT2D eigenvalue weighted by Gasteiger charge is 2.19. The van der Waals surface area contributed by atoms with Gasteiger partial charge in [-0.2, -0.15) is 0 Å². The van der Waals surface area contributed by atoms with Crippen molar-refractivity contribution in [2.24, 2.45) is 0 Å². The van der Waals surface area contributed by atoms with Crippen LogP contribution < -0.4 is 0 Å². The molecule has 0 aromatic carbocycles. The number of unbranched alkanes of at least 4 members (excludes halogenated alkanes) is 27. The Kier molecular flexibility index (Phi) is 44.4. The van der Waals surface area contributed by atoms with Crippen molar-refractivity contribution in [3.8, 4) is 0 Å². The lowest BCUT2D eigenvalue weighted by atomic mass is 10.0. The largest absolute Gasteiger partial charge is 0.462 e. The molecule has 0 amide bonds. The van der Waals surface area contributed by atoms with Gasteiger partial charge in [-0.1, -0.05) is 218 Å². The normalized spacial score (nSPS) is 12.3. The van der Waals surface area contributed by atoms with E-state index in [1.165, 1.54) is 128 Å². The highest BCUT2D eigenvalue weighted by molar-refractivity contribution is 5.71. The summed E-state index contributed by atoms with van der Waals surface area (Å²) < 4.78 is 16.7. The summed E-state index contributed by atoms with van der Waals surface area (Å²) in [6, 6.07) is 0. The summed E-state index contributed by atoms with van der Waals surface area (Å²) in [5, 5.41) is 0. The van der Waals surface area contributed by atoms with Gasteiger partial charge in [-0.15, -0.1) is 0 Å². The Labute approximate surface area is 353 Å². The summed E-state index contributed by atoms with van der Waals surface area (Å²) in [7, 11) is 0. The van der Waals surface area contributed by atoms with Gasteiger partial charge in [0.1, 0.15) is 13.2 Å². The van der Waals surface area contributed by atoms with Crippen molar-refractivity contribution in [2.75, 3.05) is 13.2 Å². The molecule has 0 radical (unpaired) electrons. The van der Waals surface area contributed by atoms with Crippen molar-refractivity contribution < 1.29 is 28.6 Å². The van der Waals surface area contributed by atoms with E-state index in [0.717, 1.165) is 83.5 Å². The molecule has 0 N–H and O–H groups in total. The lowest BCUT2D eigenvalue weighted by molar-refractivity contribution is -0.167. The van der Waals surface area contributed by atoms with Crippen LogP contribution >= 0.6 is 0 Å². The molecule has 0 aromatic heterocycles. The molecule has 6 heteroatoms. The molecule has 0 bridgehead atoms. The van der Waals surface area contributed by atoms with Gasteiger partial charge in [0.25, 0.3) is 0 Å². The fourth-order valence-electron chi connectivity index (χ4n) is 6.99. The van der Waals surface area contributed by atoms with Gasteiger partial charge in [-0.25, -0.2) is 0 Å². The van der Waals surface area contributed by atoms with Crippen LogP contribution in [0, 0.1) is 0 Å². The highest BCUT2D eigenvalue weighted by Crippen LogP contribution is 2.15. The van der Waals surface area contributed by atoms with Crippen molar-refractivity contribution in [1.29, 1.82) is 0 Å². The van der Waals surface area contributed by atoms with E-state index < -0.39 is 6.10 Å². The Bertz CT molecular complexity index is 969. The number of carbonyl (C=O) groups excluding carboxylic acids is 3. The van der Waals surface area contributed by atoms with E-state index in [9.17, 15) is 14.4 Å². The fourth-order valence-corrected chi connectivity index (χ4v) is 6.99. The number of esters is 3. The maximum atomic E-state index is 12.7. The quantitative estimate of drug-likeness (QED) is 0.0264. The van der Waals surface area contributed by atoms with Crippen LogP contribution in [0.1, 0.15) is 252 Å². The first kappa shape index (κ1) is 54.6. The summed E-state index contributed by atoms with van der Waals surface area (Å²) in [6.45, 7) is 6.51. The summed E-state index contributed by atoms with van der Waals surface area (Å²) in [6.07, 6.45) is 52.7. The zero-order valence-electron chi connectivity index (χ0n) is 37.9. The van der Waals surface area contributed by atoms with Gasteiger partial charge in [0.05, 0.1) is 0 Å². The van der Waals surface area contributed by atoms with Crippen LogP contribution in [-0.2, 0) is 28.6 Å². The lowest BCUT2D eigenvalue weighted by Gasteiger charge is -2.18. The minimum atomic E-state index is -0.777. The maximum absolute atomic E-state index is 12.7. The van der Waals surface area contributed by atoms with E-state index >= 15 is 0 Å². The molecule has 332 valence electrons. The number of carbonyl (C=O) groups is 3. The Morgan fingerprint density at radius 2 is 0.684 bits per heavy atom. The van der Waals surface area contributed by atoms with Crippen LogP contribution in [0.5, 0.6) is 0 Å². The number of allylic oxidation sites excluding steroid dienone is 6. The Balaban J connectivity index is 4.39. The van der Waals surface area contributed by atoms with E-state index in [0.29, 0.717) is 19.3 Å². The average molecular weight is 801 g/mol. The average Bonchev–Trinajstić information content (AvgIpc) is 3.21. The maximum Gasteiger partial charge on any atom is 0.306 e. The second-order valence-electron chi connectivity index (χ2n) is 16.4. The fraction of sp³-hybridized carbons (Fsp3) is 0.824. The third-order valence-electron chi connectivity index (χ3n) is 10.7. The molecule has 57 heavy (non-hydrogen) atoms. The second-order valence-corrected chi connectivity index (χ2v) is 16.4. The summed E-state index contributed by atoms with van der Waals surface area (Å²) in [5.41, 5.74) is 0. The van der Waals surface area contributed by atoms with Crippen LogP contribution in [-0.4, -0.2) is 37.2 Å². The first-order valence-electron chi connectivity index (χ1n) is 24.5. The second kappa shape index (κ2) is 46.3. The molecule has 0 heterocycles. The summed E-state index contributed by atoms with van der Waals surface area (Å²) in [5.74, 6) is -0.900. The summed E-state index contributed by atoms with van der Waals surface area (Å²) >= 11 is 0. The highest BCUT2D eigenvalue weighted by atomic mass is 16.6. The molecule has 0 saturated carbocycles. The molecule has 1 atom stereocenters. The lowest BCUT2D eigenvalue weighted by Crippen LogP contribution is -2.30. The molecule has 0 spiro atoms. The molecule has 6 nitrogen and oxygen atoms in total. The predicted octanol–water partition coefficient (Wildman–Crippen LogP) is 15.8. The molecule has 0 rings (SSSR count). The minimum absolute atomic E-state index is 0.0775. The van der Waals surface area contributed by atoms with E-state index in [1.807, 2.05) is 0 Å². The van der Waals surface area contributed by atoms with Crippen molar-refractivity contribution in [3.63, 3.8) is 0 Å². The molecular formula is C51H92O6. The SMILES string of the molecule is CC/C=C\C/C=C\C/C=C\CCCCCC(=O)OCC(COC(=O)CCCCCCCCCCCCCCC)OC(=O)CCCCCCCCCCCCCCC. The first-order chi connectivity index (χ1) is 28.0. The molecule has 0 fully saturated rings. The number of rotatable bonds is 44. The molecule has 1 unspecified atom stereocenters. The van der Waals surface area contributed by atoms with E-state index in [2.05, 4.69) is 57.2 Å². The van der Waals surface area contributed by atoms with Crippen LogP contribution in [0.15, 0.2) is 36.5 Å². The van der Waals surface area contributed by atoms with Crippen molar-refractivity contribution in [3.05, 3.63) is 36.5 Å². The topological polar surface area (TPSA) is 78.9 Å². The standard InChI is InChI=1S/C51H92O6/c1-4-7-10-13-16-19-22-25-28-31-34-37-40-43-49(52)55-46-48(57-51(54)45-42-39-36-33-30-27-24-21-18-15-12-9-6-3)47-56-50(53)44-41-38-35-32-29-26-23-20-17-14-11-8-5-2/h7,10,16,19,25,28,48H,4-6,8-9,11-15,17-18,20-24,26-27,29-47H2,1-3H3/b10-7-,19-16-,28-25-. The predicted molar refractivity (Wildman–Crippen MR) is 242 cm³/mol. The zero-order chi connectivity index (χ0) is 41.5. The number of ether oxygens (including phenoxy) is 3. The third kappa shape index (κ3) is 44.6. The monoisotopic (exact) mass is 801 g/mol. The first-order valence-corrected chi connectivity index (χ1v) is 24.5. The summed E-state index contributed by atoms with van der Waals surface area (Å²) in [4.78, 5) is 37.8. The Morgan fingerprint density at radius 1 is 0.368 bits per heavy atom. The van der Waals surface area contributed by atoms with E-state index in [-0.39, 0.29) is 31.1 Å². The van der Waals surface area contributed by atoms with Gasteiger partial charge in [0.15, 0.2) is 6.10 Å². The van der Waals surface area contributed by atoms with Crippen molar-refractivity contribution >= 4 is 17.9 Å². The molecular weight excluding hydrogens is 709 g/mol. The van der Waals surface area contributed by atoms with Gasteiger partial charge in [0.2, 0.25) is 0 Å². The van der Waals surface area contributed by atoms with Crippen LogP contribution in [0.25, 0.3) is 0 Å². The number of hydrogen-bond acceptors (Lipinski definition) is 6. The Morgan fingerprint density at radius 3 is 1.07 bits per heavy atom. The van der Waals surface area contributed by atoms with E-state index in [4.69, 9.17) is 14.2 Å². The van der Waals surface area contributed by atoms with E-state index in [1.54, 1.807) is 0 Å². The third-order valence-corrected chi connectivity index (χ3v) is 10.7. The number of hydrogen-bond donors (Lipinski definition) is 0. The van der Waals surface area contributed by atoms with Gasteiger partial charge >= 0.3 is 17.9 Å². The van der Waals surface area contributed by atoms with Crippen molar-refractivity contribution in [1.82, 2.24) is 0 Å². The van der Waals surface area contributed by atoms with Crippen molar-refractivity contribution in [2.45, 2.75) is 258 Å². The van der Waals surface area contributed by atoms with Gasteiger partial charge in [-0.05, 0) is 51.4 Å². The van der Waals surface area contributed by atoms with Crippen LogP contribution in [0.3, 0.4) is 0 Å². The molecule has 0 aliphatic rings. The smallest absolute Gasteiger partial charge is 0.306 e. The van der Waals surface area contributed by atoms with Gasteiger partial charge in [0, 0.05) is 19.3 Å².